The van der Waals surface area contributed by atoms with Crippen molar-refractivity contribution in [2.75, 3.05) is 32.8 Å². The third kappa shape index (κ3) is 12.7. The molecular formula is C24H34F2IN3O3. The van der Waals surface area contributed by atoms with E-state index in [9.17, 15) is 13.9 Å². The molecule has 0 aliphatic carbocycles. The fourth-order valence-electron chi connectivity index (χ4n) is 2.97. The van der Waals surface area contributed by atoms with E-state index in [1.807, 2.05) is 25.1 Å². The number of hydrogen-bond donors (Lipinski definition) is 3. The van der Waals surface area contributed by atoms with Gasteiger partial charge in [0.05, 0.1) is 19.3 Å². The van der Waals surface area contributed by atoms with Crippen LogP contribution in [0.1, 0.15) is 37.0 Å². The first-order chi connectivity index (χ1) is 15.6. The number of guanidine groups is 1. The Bertz CT molecular complexity index is 780. The summed E-state index contributed by atoms with van der Waals surface area (Å²) in [5.74, 6) is 0.674. The Kier molecular flexibility index (Phi) is 15.4. The van der Waals surface area contributed by atoms with Gasteiger partial charge in [0.25, 0.3) is 0 Å². The number of aliphatic hydroxyl groups is 1. The topological polar surface area (TPSA) is 75.1 Å². The lowest BCUT2D eigenvalue weighted by Crippen LogP contribution is -2.38. The summed E-state index contributed by atoms with van der Waals surface area (Å²) in [6.07, 6.45) is 1.95. The Balaban J connectivity index is 0.00000544. The lowest BCUT2D eigenvalue weighted by atomic mass is 10.1. The van der Waals surface area contributed by atoms with Crippen molar-refractivity contribution in [2.24, 2.45) is 4.99 Å². The van der Waals surface area contributed by atoms with Gasteiger partial charge in [-0.25, -0.2) is 0 Å². The first kappa shape index (κ1) is 29.1. The number of aliphatic hydroxyl groups excluding tert-OH is 1. The number of benzene rings is 2. The molecule has 33 heavy (non-hydrogen) atoms. The van der Waals surface area contributed by atoms with E-state index in [0.29, 0.717) is 31.3 Å². The second-order valence-corrected chi connectivity index (χ2v) is 7.16. The number of rotatable bonds is 14. The molecule has 0 fully saturated rings. The Morgan fingerprint density at radius 1 is 1.00 bits per heavy atom. The van der Waals surface area contributed by atoms with E-state index in [-0.39, 0.29) is 36.3 Å². The van der Waals surface area contributed by atoms with Crippen LogP contribution in [0.2, 0.25) is 0 Å². The minimum Gasteiger partial charge on any atom is -0.435 e. The maximum atomic E-state index is 12.2. The summed E-state index contributed by atoms with van der Waals surface area (Å²) in [7, 11) is 0. The molecule has 0 radical (unpaired) electrons. The Hall–Kier alpha value is -1.98. The van der Waals surface area contributed by atoms with Gasteiger partial charge in [-0.1, -0.05) is 42.5 Å². The summed E-state index contributed by atoms with van der Waals surface area (Å²) in [6, 6.07) is 16.2. The SMILES string of the molecule is CCNC(=NCC(O)c1ccc(OC(F)F)cc1)NCCCCOCCc1ccccc1.I. The lowest BCUT2D eigenvalue weighted by molar-refractivity contribution is -0.0498. The Labute approximate surface area is 211 Å². The van der Waals surface area contributed by atoms with E-state index in [1.165, 1.54) is 17.7 Å². The highest BCUT2D eigenvalue weighted by atomic mass is 127. The average molecular weight is 577 g/mol. The molecule has 184 valence electrons. The maximum absolute atomic E-state index is 12.2. The molecular weight excluding hydrogens is 543 g/mol. The molecule has 2 aromatic rings. The molecule has 0 spiro atoms. The molecule has 0 amide bonds. The van der Waals surface area contributed by atoms with Crippen molar-refractivity contribution in [1.29, 1.82) is 0 Å². The standard InChI is InChI=1S/C24H33F2N3O3.HI/c1-2-27-24(28-15-6-7-16-31-17-14-19-8-4-3-5-9-19)29-18-22(30)20-10-12-21(13-11-20)32-23(25)26;/h3-5,8-13,22-23,30H,2,6-7,14-18H2,1H3,(H2,27,28,29);1H. The summed E-state index contributed by atoms with van der Waals surface area (Å²) in [5, 5.41) is 16.7. The summed E-state index contributed by atoms with van der Waals surface area (Å²) >= 11 is 0. The smallest absolute Gasteiger partial charge is 0.387 e. The van der Waals surface area contributed by atoms with Crippen LogP contribution < -0.4 is 15.4 Å². The van der Waals surface area contributed by atoms with Crippen molar-refractivity contribution in [3.05, 3.63) is 65.7 Å². The summed E-state index contributed by atoms with van der Waals surface area (Å²) in [4.78, 5) is 4.40. The fourth-order valence-corrected chi connectivity index (χ4v) is 2.97. The van der Waals surface area contributed by atoms with E-state index in [4.69, 9.17) is 4.74 Å². The first-order valence-electron chi connectivity index (χ1n) is 10.9. The molecule has 1 unspecified atom stereocenters. The molecule has 1 atom stereocenters. The highest BCUT2D eigenvalue weighted by molar-refractivity contribution is 14.0. The Morgan fingerprint density at radius 3 is 2.39 bits per heavy atom. The number of halogens is 3. The maximum Gasteiger partial charge on any atom is 0.387 e. The third-order valence-corrected chi connectivity index (χ3v) is 4.64. The van der Waals surface area contributed by atoms with Crippen LogP contribution in [0, 0.1) is 0 Å². The van der Waals surface area contributed by atoms with Gasteiger partial charge in [-0.3, -0.25) is 4.99 Å². The van der Waals surface area contributed by atoms with Crippen molar-refractivity contribution in [3.8, 4) is 5.75 Å². The van der Waals surface area contributed by atoms with Crippen LogP contribution in [0.3, 0.4) is 0 Å². The van der Waals surface area contributed by atoms with Gasteiger partial charge in [-0.05, 0) is 49.4 Å². The van der Waals surface area contributed by atoms with Gasteiger partial charge in [-0.15, -0.1) is 24.0 Å². The van der Waals surface area contributed by atoms with Crippen LogP contribution in [0.5, 0.6) is 5.75 Å². The van der Waals surface area contributed by atoms with Crippen LogP contribution in [-0.2, 0) is 11.2 Å². The zero-order valence-corrected chi connectivity index (χ0v) is 21.2. The summed E-state index contributed by atoms with van der Waals surface area (Å²) in [5.41, 5.74) is 1.86. The van der Waals surface area contributed by atoms with Gasteiger partial charge < -0.3 is 25.2 Å². The molecule has 0 bridgehead atoms. The average Bonchev–Trinajstić information content (AvgIpc) is 2.79. The van der Waals surface area contributed by atoms with E-state index in [0.717, 1.165) is 25.8 Å². The van der Waals surface area contributed by atoms with E-state index >= 15 is 0 Å². The van der Waals surface area contributed by atoms with E-state index in [2.05, 4.69) is 32.5 Å². The molecule has 2 aromatic carbocycles. The molecule has 0 heterocycles. The highest BCUT2D eigenvalue weighted by Crippen LogP contribution is 2.19. The molecule has 9 heteroatoms. The van der Waals surface area contributed by atoms with Gasteiger partial charge in [0.1, 0.15) is 5.75 Å². The highest BCUT2D eigenvalue weighted by Gasteiger charge is 2.09. The fraction of sp³-hybridized carbons (Fsp3) is 0.458. The molecule has 3 N–H and O–H groups in total. The number of alkyl halides is 2. The van der Waals surface area contributed by atoms with Crippen molar-refractivity contribution in [3.63, 3.8) is 0 Å². The van der Waals surface area contributed by atoms with Crippen molar-refractivity contribution in [2.45, 2.75) is 38.9 Å². The molecule has 6 nitrogen and oxygen atoms in total. The molecule has 0 saturated carbocycles. The third-order valence-electron chi connectivity index (χ3n) is 4.64. The first-order valence-corrected chi connectivity index (χ1v) is 10.9. The zero-order chi connectivity index (χ0) is 23.0. The van der Waals surface area contributed by atoms with E-state index < -0.39 is 12.7 Å². The van der Waals surface area contributed by atoms with Crippen LogP contribution in [0.25, 0.3) is 0 Å². The minimum atomic E-state index is -2.87. The van der Waals surface area contributed by atoms with Gasteiger partial charge in [0.15, 0.2) is 5.96 Å². The molecule has 0 aliphatic heterocycles. The van der Waals surface area contributed by atoms with Crippen molar-refractivity contribution >= 4 is 29.9 Å². The van der Waals surface area contributed by atoms with Crippen molar-refractivity contribution in [1.82, 2.24) is 10.6 Å². The predicted octanol–water partition coefficient (Wildman–Crippen LogP) is 4.53. The monoisotopic (exact) mass is 577 g/mol. The van der Waals surface area contributed by atoms with Gasteiger partial charge >= 0.3 is 6.61 Å². The number of nitrogens with zero attached hydrogens (tertiary/aromatic N) is 1. The van der Waals surface area contributed by atoms with E-state index in [1.54, 1.807) is 12.1 Å². The molecule has 0 aromatic heterocycles. The van der Waals surface area contributed by atoms with Gasteiger partial charge in [0.2, 0.25) is 0 Å². The van der Waals surface area contributed by atoms with Crippen molar-refractivity contribution < 1.29 is 23.4 Å². The Morgan fingerprint density at radius 2 is 1.73 bits per heavy atom. The van der Waals surface area contributed by atoms with Gasteiger partial charge in [0, 0.05) is 19.7 Å². The number of aliphatic imine (C=N–C) groups is 1. The molecule has 0 aliphatic rings. The molecule has 0 saturated heterocycles. The minimum absolute atomic E-state index is 0. The summed E-state index contributed by atoms with van der Waals surface area (Å²) in [6.45, 7) is 2.11. The second kappa shape index (κ2) is 17.5. The van der Waals surface area contributed by atoms with Crippen LogP contribution in [0.15, 0.2) is 59.6 Å². The van der Waals surface area contributed by atoms with Crippen LogP contribution >= 0.6 is 24.0 Å². The largest absolute Gasteiger partial charge is 0.435 e. The number of hydrogen-bond acceptors (Lipinski definition) is 4. The normalized spacial score (nSPS) is 12.2. The van der Waals surface area contributed by atoms with Gasteiger partial charge in [-0.2, -0.15) is 8.78 Å². The van der Waals surface area contributed by atoms with Crippen LogP contribution in [-0.4, -0.2) is 50.5 Å². The predicted molar refractivity (Wildman–Crippen MR) is 138 cm³/mol. The second-order valence-electron chi connectivity index (χ2n) is 7.16. The molecule has 2 rings (SSSR count). The number of nitrogens with one attached hydrogen (secondary N) is 2. The number of ether oxygens (including phenoxy) is 2. The quantitative estimate of drug-likeness (QED) is 0.133. The van der Waals surface area contributed by atoms with Crippen LogP contribution in [0.4, 0.5) is 8.78 Å². The summed E-state index contributed by atoms with van der Waals surface area (Å²) < 4.78 is 34.4. The number of unbranched alkanes of at least 4 members (excludes halogenated alkanes) is 1. The zero-order valence-electron chi connectivity index (χ0n) is 18.9. The lowest BCUT2D eigenvalue weighted by Gasteiger charge is -2.14.